The summed E-state index contributed by atoms with van der Waals surface area (Å²) in [6.07, 6.45) is 1.33. The second kappa shape index (κ2) is 4.52. The molecule has 0 saturated heterocycles. The lowest BCUT2D eigenvalue weighted by Crippen LogP contribution is -2.18. The van der Waals surface area contributed by atoms with Crippen LogP contribution in [0.5, 0.6) is 0 Å². The SMILES string of the molecule is CNS(=O)(=O)c1ccc(C(=O)n2ncc(N)c2C)o1. The molecular formula is C10H12N4O4S. The average Bonchev–Trinajstić information content (AvgIpc) is 2.98. The fraction of sp³-hybridized carbons (Fsp3) is 0.200. The van der Waals surface area contributed by atoms with Crippen LogP contribution in [0.2, 0.25) is 0 Å². The maximum atomic E-state index is 12.0. The van der Waals surface area contributed by atoms with Gasteiger partial charge in [-0.05, 0) is 26.1 Å². The predicted molar refractivity (Wildman–Crippen MR) is 66.1 cm³/mol. The van der Waals surface area contributed by atoms with Gasteiger partial charge >= 0.3 is 5.91 Å². The van der Waals surface area contributed by atoms with Crippen LogP contribution in [0.3, 0.4) is 0 Å². The molecule has 0 aliphatic carbocycles. The van der Waals surface area contributed by atoms with E-state index in [4.69, 9.17) is 10.2 Å². The van der Waals surface area contributed by atoms with Gasteiger partial charge < -0.3 is 10.2 Å². The topological polar surface area (TPSA) is 120 Å². The summed E-state index contributed by atoms with van der Waals surface area (Å²) in [7, 11) is -2.47. The number of furan rings is 1. The van der Waals surface area contributed by atoms with Crippen LogP contribution in [0.4, 0.5) is 5.69 Å². The number of nitrogen functional groups attached to an aromatic ring is 1. The summed E-state index contributed by atoms with van der Waals surface area (Å²) in [5.74, 6) is -0.730. The quantitative estimate of drug-likeness (QED) is 0.816. The third kappa shape index (κ3) is 2.25. The van der Waals surface area contributed by atoms with Gasteiger partial charge in [0.2, 0.25) is 5.09 Å². The number of rotatable bonds is 3. The number of nitrogens with zero attached hydrogens (tertiary/aromatic N) is 2. The van der Waals surface area contributed by atoms with E-state index in [1.807, 2.05) is 0 Å². The Morgan fingerprint density at radius 1 is 1.47 bits per heavy atom. The van der Waals surface area contributed by atoms with Crippen molar-refractivity contribution in [2.45, 2.75) is 12.0 Å². The lowest BCUT2D eigenvalue weighted by molar-refractivity contribution is 0.0909. The van der Waals surface area contributed by atoms with Crippen molar-refractivity contribution >= 4 is 21.6 Å². The summed E-state index contributed by atoms with van der Waals surface area (Å²) in [5.41, 5.74) is 6.40. The minimum absolute atomic E-state index is 0.139. The van der Waals surface area contributed by atoms with Crippen molar-refractivity contribution in [3.05, 3.63) is 29.8 Å². The summed E-state index contributed by atoms with van der Waals surface area (Å²) in [6.45, 7) is 1.62. The average molecular weight is 284 g/mol. The number of aromatic nitrogens is 2. The molecule has 0 aromatic carbocycles. The zero-order chi connectivity index (χ0) is 14.2. The van der Waals surface area contributed by atoms with Crippen molar-refractivity contribution < 1.29 is 17.6 Å². The molecule has 0 spiro atoms. The summed E-state index contributed by atoms with van der Waals surface area (Å²) in [5, 5.41) is 3.46. The van der Waals surface area contributed by atoms with Gasteiger partial charge in [0.25, 0.3) is 10.0 Å². The number of sulfonamides is 1. The van der Waals surface area contributed by atoms with Crippen LogP contribution in [-0.4, -0.2) is 31.2 Å². The van der Waals surface area contributed by atoms with Gasteiger partial charge in [-0.25, -0.2) is 13.1 Å². The van der Waals surface area contributed by atoms with Gasteiger partial charge in [-0.2, -0.15) is 9.78 Å². The van der Waals surface area contributed by atoms with E-state index in [9.17, 15) is 13.2 Å². The highest BCUT2D eigenvalue weighted by atomic mass is 32.2. The predicted octanol–water partition coefficient (Wildman–Crippen LogP) is -0.0367. The molecule has 0 aliphatic heterocycles. The molecule has 19 heavy (non-hydrogen) atoms. The second-order valence-electron chi connectivity index (χ2n) is 3.73. The Morgan fingerprint density at radius 3 is 2.68 bits per heavy atom. The van der Waals surface area contributed by atoms with Crippen LogP contribution in [-0.2, 0) is 10.0 Å². The molecule has 0 unspecified atom stereocenters. The van der Waals surface area contributed by atoms with Gasteiger partial charge in [-0.15, -0.1) is 0 Å². The molecule has 0 aliphatic rings. The molecule has 3 N–H and O–H groups in total. The summed E-state index contributed by atoms with van der Waals surface area (Å²) in [4.78, 5) is 12.0. The van der Waals surface area contributed by atoms with Crippen LogP contribution in [0.25, 0.3) is 0 Å². The first-order valence-corrected chi connectivity index (χ1v) is 6.73. The van der Waals surface area contributed by atoms with Crippen molar-refractivity contribution in [2.75, 3.05) is 12.8 Å². The summed E-state index contributed by atoms with van der Waals surface area (Å²) < 4.78 is 31.1. The number of hydrogen-bond acceptors (Lipinski definition) is 6. The summed E-state index contributed by atoms with van der Waals surface area (Å²) in [6, 6.07) is 2.46. The molecule has 0 amide bonds. The molecule has 2 rings (SSSR count). The largest absolute Gasteiger partial charge is 0.438 e. The Hall–Kier alpha value is -2.13. The Bertz CT molecular complexity index is 729. The Labute approximate surface area is 109 Å². The second-order valence-corrected chi connectivity index (χ2v) is 5.55. The third-order valence-electron chi connectivity index (χ3n) is 2.57. The van der Waals surface area contributed by atoms with Crippen LogP contribution in [0.1, 0.15) is 16.2 Å². The maximum absolute atomic E-state index is 12.0. The van der Waals surface area contributed by atoms with Gasteiger partial charge in [0, 0.05) is 0 Å². The van der Waals surface area contributed by atoms with Crippen molar-refractivity contribution in [3.63, 3.8) is 0 Å². The molecule has 9 heteroatoms. The fourth-order valence-electron chi connectivity index (χ4n) is 1.41. The van der Waals surface area contributed by atoms with Gasteiger partial charge in [-0.1, -0.05) is 0 Å². The van der Waals surface area contributed by atoms with E-state index in [-0.39, 0.29) is 10.9 Å². The van der Waals surface area contributed by atoms with E-state index in [1.54, 1.807) is 6.92 Å². The minimum Gasteiger partial charge on any atom is -0.438 e. The minimum atomic E-state index is -3.72. The lowest BCUT2D eigenvalue weighted by atomic mass is 10.4. The molecule has 0 fully saturated rings. The number of nitrogens with two attached hydrogens (primary N) is 1. The molecule has 2 heterocycles. The molecular weight excluding hydrogens is 272 g/mol. The first-order valence-electron chi connectivity index (χ1n) is 5.25. The number of anilines is 1. The van der Waals surface area contributed by atoms with E-state index in [1.165, 1.54) is 25.4 Å². The third-order valence-corrected chi connectivity index (χ3v) is 3.85. The van der Waals surface area contributed by atoms with Crippen LogP contribution in [0, 0.1) is 6.92 Å². The standard InChI is InChI=1S/C10H12N4O4S/c1-6-7(11)5-13-14(6)10(15)8-3-4-9(18-8)19(16,17)12-2/h3-5,12H,11H2,1-2H3. The molecule has 102 valence electrons. The molecule has 2 aromatic heterocycles. The zero-order valence-electron chi connectivity index (χ0n) is 10.2. The van der Waals surface area contributed by atoms with E-state index < -0.39 is 15.9 Å². The first-order chi connectivity index (χ1) is 8.86. The lowest BCUT2D eigenvalue weighted by Gasteiger charge is -2.00. The van der Waals surface area contributed by atoms with Crippen LogP contribution >= 0.6 is 0 Å². The van der Waals surface area contributed by atoms with Crippen LogP contribution in [0.15, 0.2) is 27.8 Å². The highest BCUT2D eigenvalue weighted by Crippen LogP contribution is 2.16. The van der Waals surface area contributed by atoms with Gasteiger partial charge in [0.05, 0.1) is 17.6 Å². The molecule has 8 nitrogen and oxygen atoms in total. The van der Waals surface area contributed by atoms with Gasteiger partial charge in [0.1, 0.15) is 0 Å². The smallest absolute Gasteiger partial charge is 0.314 e. The summed E-state index contributed by atoms with van der Waals surface area (Å²) >= 11 is 0. The first kappa shape index (κ1) is 13.3. The number of carbonyl (C=O) groups excluding carboxylic acids is 1. The molecule has 0 radical (unpaired) electrons. The Kier molecular flexibility index (Phi) is 3.16. The monoisotopic (exact) mass is 284 g/mol. The number of carbonyl (C=O) groups is 1. The normalized spacial score (nSPS) is 11.7. The van der Waals surface area contributed by atoms with Crippen molar-refractivity contribution in [1.29, 1.82) is 0 Å². The van der Waals surface area contributed by atoms with Gasteiger partial charge in [0.15, 0.2) is 5.76 Å². The zero-order valence-corrected chi connectivity index (χ0v) is 11.1. The molecule has 2 aromatic rings. The van der Waals surface area contributed by atoms with Crippen molar-refractivity contribution in [1.82, 2.24) is 14.5 Å². The number of nitrogens with one attached hydrogen (secondary N) is 1. The molecule has 0 bridgehead atoms. The Morgan fingerprint density at radius 2 is 2.16 bits per heavy atom. The van der Waals surface area contributed by atoms with E-state index in [2.05, 4.69) is 9.82 Å². The van der Waals surface area contributed by atoms with Crippen LogP contribution < -0.4 is 10.5 Å². The van der Waals surface area contributed by atoms with E-state index >= 15 is 0 Å². The highest BCUT2D eigenvalue weighted by Gasteiger charge is 2.22. The highest BCUT2D eigenvalue weighted by molar-refractivity contribution is 7.89. The van der Waals surface area contributed by atoms with Crippen molar-refractivity contribution in [3.8, 4) is 0 Å². The molecule has 0 atom stereocenters. The van der Waals surface area contributed by atoms with E-state index in [0.717, 1.165) is 4.68 Å². The Balaban J connectivity index is 2.39. The maximum Gasteiger partial charge on any atom is 0.314 e. The van der Waals surface area contributed by atoms with Crippen molar-refractivity contribution in [2.24, 2.45) is 0 Å². The van der Waals surface area contributed by atoms with Gasteiger partial charge in [-0.3, -0.25) is 4.79 Å². The fourth-order valence-corrected chi connectivity index (χ4v) is 2.06. The number of hydrogen-bond donors (Lipinski definition) is 2. The van der Waals surface area contributed by atoms with E-state index in [0.29, 0.717) is 11.4 Å². The molecule has 0 saturated carbocycles.